The average molecular weight is 494 g/mol. The van der Waals surface area contributed by atoms with E-state index in [0.717, 1.165) is 11.8 Å². The number of ether oxygens (including phenoxy) is 1. The van der Waals surface area contributed by atoms with Gasteiger partial charge in [-0.3, -0.25) is 0 Å². The lowest BCUT2D eigenvalue weighted by atomic mass is 9.90. The van der Waals surface area contributed by atoms with Gasteiger partial charge < -0.3 is 9.64 Å². The molecule has 0 N–H and O–H groups in total. The van der Waals surface area contributed by atoms with Crippen LogP contribution in [0.25, 0.3) is 0 Å². The van der Waals surface area contributed by atoms with Crippen molar-refractivity contribution in [3.8, 4) is 0 Å². The Morgan fingerprint density at radius 3 is 1.63 bits per heavy atom. The summed E-state index contributed by atoms with van der Waals surface area (Å²) in [6, 6.07) is 0. The first-order valence-electron chi connectivity index (χ1n) is 16.5. The van der Waals surface area contributed by atoms with Gasteiger partial charge in [-0.2, -0.15) is 0 Å². The summed E-state index contributed by atoms with van der Waals surface area (Å²) in [7, 11) is 0. The summed E-state index contributed by atoms with van der Waals surface area (Å²) in [6.45, 7) is 15.5. The maximum Gasteiger partial charge on any atom is 0.0603 e. The van der Waals surface area contributed by atoms with Crippen molar-refractivity contribution in [1.82, 2.24) is 4.90 Å². The van der Waals surface area contributed by atoms with Crippen LogP contribution in [-0.2, 0) is 4.74 Å². The van der Waals surface area contributed by atoms with Gasteiger partial charge in [0.1, 0.15) is 0 Å². The summed E-state index contributed by atoms with van der Waals surface area (Å²) in [4.78, 5) is 2.78. The summed E-state index contributed by atoms with van der Waals surface area (Å²) in [5, 5.41) is 0. The Bertz CT molecular complexity index is 419. The van der Waals surface area contributed by atoms with Gasteiger partial charge in [0.25, 0.3) is 0 Å². The Morgan fingerprint density at radius 2 is 1.06 bits per heavy atom. The summed E-state index contributed by atoms with van der Waals surface area (Å²) >= 11 is 0. The maximum atomic E-state index is 6.58. The lowest BCUT2D eigenvalue weighted by molar-refractivity contribution is -0.0415. The minimum atomic E-state index is 0.437. The van der Waals surface area contributed by atoms with E-state index < -0.39 is 0 Å². The van der Waals surface area contributed by atoms with Crippen LogP contribution in [0.4, 0.5) is 0 Å². The van der Waals surface area contributed by atoms with E-state index in [0.29, 0.717) is 12.2 Å². The molecule has 210 valence electrons. The van der Waals surface area contributed by atoms with Crippen LogP contribution in [0.3, 0.4) is 0 Å². The first kappa shape index (κ1) is 32.9. The molecule has 2 nitrogen and oxygen atoms in total. The molecular weight excluding hydrogens is 426 g/mol. The van der Waals surface area contributed by atoms with Gasteiger partial charge in [0.05, 0.1) is 12.2 Å². The third kappa shape index (κ3) is 17.9. The minimum Gasteiger partial charge on any atom is -0.375 e. The summed E-state index contributed by atoms with van der Waals surface area (Å²) in [5.74, 6) is 1.86. The molecular formula is C33H67NO. The quantitative estimate of drug-likeness (QED) is 0.124. The molecule has 1 rings (SSSR count). The first-order chi connectivity index (χ1) is 17.1. The molecule has 0 saturated carbocycles. The van der Waals surface area contributed by atoms with Gasteiger partial charge in [-0.15, -0.1) is 0 Å². The normalized spacial score (nSPS) is 17.3. The van der Waals surface area contributed by atoms with Crippen LogP contribution < -0.4 is 0 Å². The number of hydrogen-bond donors (Lipinski definition) is 0. The molecule has 1 unspecified atom stereocenters. The highest BCUT2D eigenvalue weighted by molar-refractivity contribution is 4.76. The lowest BCUT2D eigenvalue weighted by Crippen LogP contribution is -2.40. The van der Waals surface area contributed by atoms with Gasteiger partial charge >= 0.3 is 0 Å². The van der Waals surface area contributed by atoms with E-state index in [2.05, 4.69) is 39.5 Å². The van der Waals surface area contributed by atoms with Crippen LogP contribution in [0.2, 0.25) is 0 Å². The molecule has 2 atom stereocenters. The van der Waals surface area contributed by atoms with Gasteiger partial charge in [-0.05, 0) is 57.3 Å². The van der Waals surface area contributed by atoms with E-state index in [1.807, 2.05) is 0 Å². The van der Waals surface area contributed by atoms with Gasteiger partial charge in [-0.1, -0.05) is 124 Å². The van der Waals surface area contributed by atoms with E-state index in [1.165, 1.54) is 154 Å². The largest absolute Gasteiger partial charge is 0.375 e. The molecule has 0 bridgehead atoms. The average Bonchev–Trinajstić information content (AvgIpc) is 2.86. The molecule has 0 radical (unpaired) electrons. The van der Waals surface area contributed by atoms with E-state index in [1.54, 1.807) is 0 Å². The first-order valence-corrected chi connectivity index (χ1v) is 16.5. The summed E-state index contributed by atoms with van der Waals surface area (Å²) in [5.41, 5.74) is 0. The highest BCUT2D eigenvalue weighted by Crippen LogP contribution is 2.26. The predicted octanol–water partition coefficient (Wildman–Crippen LogP) is 10.6. The third-order valence-electron chi connectivity index (χ3n) is 8.57. The Hall–Kier alpha value is -0.0800. The molecule has 0 spiro atoms. The molecule has 0 aromatic carbocycles. The Morgan fingerprint density at radius 1 is 0.571 bits per heavy atom. The Labute approximate surface area is 222 Å². The van der Waals surface area contributed by atoms with Gasteiger partial charge in [0.15, 0.2) is 0 Å². The predicted molar refractivity (Wildman–Crippen MR) is 157 cm³/mol. The number of rotatable bonds is 24. The van der Waals surface area contributed by atoms with E-state index in [9.17, 15) is 0 Å². The molecule has 1 fully saturated rings. The topological polar surface area (TPSA) is 12.5 Å². The fourth-order valence-electron chi connectivity index (χ4n) is 6.12. The number of nitrogens with zero attached hydrogens (tertiary/aromatic N) is 1. The molecule has 1 aliphatic rings. The zero-order valence-electron chi connectivity index (χ0n) is 25.1. The van der Waals surface area contributed by atoms with Crippen LogP contribution in [0, 0.1) is 11.8 Å². The van der Waals surface area contributed by atoms with Crippen LogP contribution >= 0.6 is 0 Å². The zero-order valence-corrected chi connectivity index (χ0v) is 25.1. The van der Waals surface area contributed by atoms with Crippen LogP contribution in [0.1, 0.15) is 169 Å². The second kappa shape index (κ2) is 23.1. The lowest BCUT2D eigenvalue weighted by Gasteiger charge is -2.35. The SMILES string of the molecule is CCCCCCC(CCCCCC)CN1CCC(O[C@H](C)CCC(CCCC)CCCCC)CC1. The second-order valence-corrected chi connectivity index (χ2v) is 12.1. The molecule has 1 aliphatic heterocycles. The molecule has 0 aromatic rings. The minimum absolute atomic E-state index is 0.437. The van der Waals surface area contributed by atoms with E-state index in [-0.39, 0.29) is 0 Å². The fraction of sp³-hybridized carbons (Fsp3) is 1.00. The van der Waals surface area contributed by atoms with Crippen LogP contribution in [0.15, 0.2) is 0 Å². The van der Waals surface area contributed by atoms with Gasteiger partial charge in [-0.25, -0.2) is 0 Å². The van der Waals surface area contributed by atoms with Crippen LogP contribution in [-0.4, -0.2) is 36.7 Å². The molecule has 1 saturated heterocycles. The van der Waals surface area contributed by atoms with Crippen molar-refractivity contribution < 1.29 is 4.74 Å². The van der Waals surface area contributed by atoms with Crippen molar-refractivity contribution in [2.45, 2.75) is 182 Å². The highest BCUT2D eigenvalue weighted by atomic mass is 16.5. The van der Waals surface area contributed by atoms with Crippen LogP contribution in [0.5, 0.6) is 0 Å². The maximum absolute atomic E-state index is 6.58. The van der Waals surface area contributed by atoms with Crippen molar-refractivity contribution in [1.29, 1.82) is 0 Å². The van der Waals surface area contributed by atoms with E-state index >= 15 is 0 Å². The summed E-state index contributed by atoms with van der Waals surface area (Å²) in [6.07, 6.45) is 30.1. The zero-order chi connectivity index (χ0) is 25.6. The molecule has 1 heterocycles. The van der Waals surface area contributed by atoms with Crippen molar-refractivity contribution in [2.24, 2.45) is 11.8 Å². The monoisotopic (exact) mass is 494 g/mol. The van der Waals surface area contributed by atoms with Crippen molar-refractivity contribution in [3.05, 3.63) is 0 Å². The third-order valence-corrected chi connectivity index (χ3v) is 8.57. The van der Waals surface area contributed by atoms with Gasteiger partial charge in [0, 0.05) is 19.6 Å². The van der Waals surface area contributed by atoms with Crippen molar-refractivity contribution >= 4 is 0 Å². The second-order valence-electron chi connectivity index (χ2n) is 12.1. The Kier molecular flexibility index (Phi) is 21.7. The summed E-state index contributed by atoms with van der Waals surface area (Å²) < 4.78 is 6.58. The number of hydrogen-bond acceptors (Lipinski definition) is 2. The Balaban J connectivity index is 2.32. The molecule has 0 aliphatic carbocycles. The number of likely N-dealkylation sites (tertiary alicyclic amines) is 1. The number of piperidine rings is 1. The van der Waals surface area contributed by atoms with E-state index in [4.69, 9.17) is 4.74 Å². The molecule has 0 aromatic heterocycles. The number of unbranched alkanes of at least 4 members (excludes halogenated alkanes) is 9. The van der Waals surface area contributed by atoms with Crippen molar-refractivity contribution in [3.63, 3.8) is 0 Å². The molecule has 35 heavy (non-hydrogen) atoms. The highest BCUT2D eigenvalue weighted by Gasteiger charge is 2.23. The standard InChI is InChI=1S/C33H67NO/c1-6-10-14-17-21-32(22-18-15-11-7-2)29-34-27-25-33(26-28-34)35-30(5)23-24-31(19-13-9-4)20-16-12-8-3/h30-33H,6-29H2,1-5H3/t30-,31?/m1/s1. The van der Waals surface area contributed by atoms with Crippen molar-refractivity contribution in [2.75, 3.05) is 19.6 Å². The van der Waals surface area contributed by atoms with Gasteiger partial charge in [0.2, 0.25) is 0 Å². The molecule has 0 amide bonds. The smallest absolute Gasteiger partial charge is 0.0603 e. The molecule has 2 heteroatoms. The fourth-order valence-corrected chi connectivity index (χ4v) is 6.12.